The molecule has 2 aromatic rings. The summed E-state index contributed by atoms with van der Waals surface area (Å²) in [5.74, 6) is -0.444. The Labute approximate surface area is 159 Å². The van der Waals surface area contributed by atoms with E-state index in [1.54, 1.807) is 24.3 Å². The molecule has 1 aliphatic rings. The van der Waals surface area contributed by atoms with Crippen LogP contribution in [0.5, 0.6) is 0 Å². The number of nitrogens with one attached hydrogen (secondary N) is 2. The zero-order valence-electron chi connectivity index (χ0n) is 15.2. The van der Waals surface area contributed by atoms with Gasteiger partial charge in [0.1, 0.15) is 5.82 Å². The van der Waals surface area contributed by atoms with Gasteiger partial charge < -0.3 is 5.32 Å². The van der Waals surface area contributed by atoms with Gasteiger partial charge in [0.15, 0.2) is 0 Å². The molecule has 0 unspecified atom stereocenters. The van der Waals surface area contributed by atoms with Gasteiger partial charge in [-0.05, 0) is 48.7 Å². The third kappa shape index (κ3) is 4.36. The molecule has 3 rings (SSSR count). The molecule has 2 aromatic carbocycles. The molecule has 1 aliphatic carbocycles. The molecule has 2 N–H and O–H groups in total. The van der Waals surface area contributed by atoms with E-state index in [0.717, 1.165) is 30.4 Å². The predicted molar refractivity (Wildman–Crippen MR) is 102 cm³/mol. The van der Waals surface area contributed by atoms with Crippen molar-refractivity contribution in [2.75, 3.05) is 7.05 Å². The van der Waals surface area contributed by atoms with Crippen LogP contribution in [-0.4, -0.2) is 21.4 Å². The third-order valence-electron chi connectivity index (χ3n) is 5.18. The fourth-order valence-electron chi connectivity index (χ4n) is 3.34. The summed E-state index contributed by atoms with van der Waals surface area (Å²) in [6.07, 6.45) is 2.48. The average Bonchev–Trinajstić information content (AvgIpc) is 2.61. The standard InChI is InChI=1S/C20H23FN2O3S/c1-22-27(25,26)14-16-5-3-15(4-6-16)13-23-19(24)20(11-2-12-20)17-7-9-18(21)10-8-17/h3-10,22H,2,11-14H2,1H3,(H,23,24). The molecule has 1 amide bonds. The Morgan fingerprint density at radius 3 is 2.15 bits per heavy atom. The van der Waals surface area contributed by atoms with Crippen LogP contribution in [0.3, 0.4) is 0 Å². The van der Waals surface area contributed by atoms with Crippen molar-refractivity contribution in [2.45, 2.75) is 37.0 Å². The minimum Gasteiger partial charge on any atom is -0.351 e. The molecule has 0 bridgehead atoms. The van der Waals surface area contributed by atoms with Gasteiger partial charge in [-0.25, -0.2) is 17.5 Å². The summed E-state index contributed by atoms with van der Waals surface area (Å²) in [6.45, 7) is 0.362. The largest absolute Gasteiger partial charge is 0.351 e. The second kappa shape index (κ2) is 7.78. The first kappa shape index (κ1) is 19.5. The van der Waals surface area contributed by atoms with E-state index in [4.69, 9.17) is 0 Å². The first-order valence-electron chi connectivity index (χ1n) is 8.88. The molecule has 7 heteroatoms. The summed E-state index contributed by atoms with van der Waals surface area (Å²) < 4.78 is 38.6. The average molecular weight is 390 g/mol. The molecule has 144 valence electrons. The lowest BCUT2D eigenvalue weighted by atomic mass is 9.64. The molecule has 0 aromatic heterocycles. The maximum atomic E-state index is 13.2. The molecule has 0 heterocycles. The van der Waals surface area contributed by atoms with Gasteiger partial charge in [-0.1, -0.05) is 42.8 Å². The van der Waals surface area contributed by atoms with Gasteiger partial charge >= 0.3 is 0 Å². The summed E-state index contributed by atoms with van der Waals surface area (Å²) in [5.41, 5.74) is 1.85. The second-order valence-corrected chi connectivity index (χ2v) is 8.83. The fraction of sp³-hybridized carbons (Fsp3) is 0.350. The number of rotatable bonds is 7. The molecule has 27 heavy (non-hydrogen) atoms. The van der Waals surface area contributed by atoms with Gasteiger partial charge in [-0.15, -0.1) is 0 Å². The van der Waals surface area contributed by atoms with Gasteiger partial charge in [0.05, 0.1) is 11.2 Å². The molecule has 1 fully saturated rings. The Balaban J connectivity index is 1.64. The molecule has 1 saturated carbocycles. The topological polar surface area (TPSA) is 75.3 Å². The van der Waals surface area contributed by atoms with Crippen LogP contribution in [0.2, 0.25) is 0 Å². The van der Waals surface area contributed by atoms with Crippen molar-refractivity contribution in [3.05, 3.63) is 71.0 Å². The molecule has 0 saturated heterocycles. The molecule has 5 nitrogen and oxygen atoms in total. The van der Waals surface area contributed by atoms with Crippen LogP contribution in [-0.2, 0) is 32.5 Å². The number of carbonyl (C=O) groups is 1. The van der Waals surface area contributed by atoms with Gasteiger partial charge in [0.2, 0.25) is 15.9 Å². The summed E-state index contributed by atoms with van der Waals surface area (Å²) in [4.78, 5) is 12.8. The lowest BCUT2D eigenvalue weighted by Crippen LogP contribution is -2.49. The van der Waals surface area contributed by atoms with Gasteiger partial charge in [0.25, 0.3) is 0 Å². The van der Waals surface area contributed by atoms with E-state index >= 15 is 0 Å². The molecule has 0 aliphatic heterocycles. The Morgan fingerprint density at radius 2 is 1.63 bits per heavy atom. The monoisotopic (exact) mass is 390 g/mol. The fourth-order valence-corrected chi connectivity index (χ4v) is 4.12. The first-order valence-corrected chi connectivity index (χ1v) is 10.5. The zero-order chi connectivity index (χ0) is 19.5. The van der Waals surface area contributed by atoms with Crippen LogP contribution >= 0.6 is 0 Å². The normalized spacial score (nSPS) is 15.8. The van der Waals surface area contributed by atoms with Gasteiger partial charge in [0, 0.05) is 6.54 Å². The summed E-state index contributed by atoms with van der Waals surface area (Å²) >= 11 is 0. The van der Waals surface area contributed by atoms with Crippen LogP contribution < -0.4 is 10.0 Å². The smallest absolute Gasteiger partial charge is 0.230 e. The molecular weight excluding hydrogens is 367 g/mol. The molecule has 0 radical (unpaired) electrons. The quantitative estimate of drug-likeness (QED) is 0.763. The lowest BCUT2D eigenvalue weighted by Gasteiger charge is -2.40. The zero-order valence-corrected chi connectivity index (χ0v) is 16.0. The minimum atomic E-state index is -3.31. The van der Waals surface area contributed by atoms with Crippen LogP contribution in [0, 0.1) is 5.82 Å². The molecule has 0 spiro atoms. The SMILES string of the molecule is CNS(=O)(=O)Cc1ccc(CNC(=O)C2(c3ccc(F)cc3)CCC2)cc1. The van der Waals surface area contributed by atoms with Crippen LogP contribution in [0.25, 0.3) is 0 Å². The summed E-state index contributed by atoms with van der Waals surface area (Å²) in [7, 11) is -1.92. The van der Waals surface area contributed by atoms with E-state index in [2.05, 4.69) is 10.0 Å². The van der Waals surface area contributed by atoms with E-state index in [1.807, 2.05) is 12.1 Å². The highest BCUT2D eigenvalue weighted by Gasteiger charge is 2.45. The number of hydrogen-bond donors (Lipinski definition) is 2. The van der Waals surface area contributed by atoms with Crippen molar-refractivity contribution >= 4 is 15.9 Å². The van der Waals surface area contributed by atoms with E-state index in [0.29, 0.717) is 12.1 Å². The number of halogens is 1. The molecule has 0 atom stereocenters. The van der Waals surface area contributed by atoms with Crippen molar-refractivity contribution < 1.29 is 17.6 Å². The van der Waals surface area contributed by atoms with Crippen LogP contribution in [0.4, 0.5) is 4.39 Å². The number of hydrogen-bond acceptors (Lipinski definition) is 3. The maximum Gasteiger partial charge on any atom is 0.230 e. The van der Waals surface area contributed by atoms with Crippen molar-refractivity contribution in [1.29, 1.82) is 0 Å². The number of sulfonamides is 1. The summed E-state index contributed by atoms with van der Waals surface area (Å²) in [6, 6.07) is 13.3. The van der Waals surface area contributed by atoms with Crippen molar-refractivity contribution in [3.63, 3.8) is 0 Å². The van der Waals surface area contributed by atoms with Gasteiger partial charge in [-0.2, -0.15) is 0 Å². The Bertz CT molecular complexity index is 905. The third-order valence-corrected chi connectivity index (χ3v) is 6.52. The van der Waals surface area contributed by atoms with E-state index in [-0.39, 0.29) is 17.5 Å². The van der Waals surface area contributed by atoms with E-state index in [9.17, 15) is 17.6 Å². The highest BCUT2D eigenvalue weighted by Crippen LogP contribution is 2.44. The van der Waals surface area contributed by atoms with Crippen molar-refractivity contribution in [1.82, 2.24) is 10.0 Å². The lowest BCUT2D eigenvalue weighted by molar-refractivity contribution is -0.130. The van der Waals surface area contributed by atoms with E-state index in [1.165, 1.54) is 19.2 Å². The van der Waals surface area contributed by atoms with E-state index < -0.39 is 15.4 Å². The number of carbonyl (C=O) groups excluding carboxylic acids is 1. The Morgan fingerprint density at radius 1 is 1.04 bits per heavy atom. The molecular formula is C20H23FN2O3S. The number of amides is 1. The van der Waals surface area contributed by atoms with Crippen LogP contribution in [0.1, 0.15) is 36.0 Å². The Hall–Kier alpha value is -2.25. The predicted octanol–water partition coefficient (Wildman–Crippen LogP) is 2.61. The highest BCUT2D eigenvalue weighted by molar-refractivity contribution is 7.88. The Kier molecular flexibility index (Phi) is 5.62. The van der Waals surface area contributed by atoms with Crippen molar-refractivity contribution in [2.24, 2.45) is 0 Å². The van der Waals surface area contributed by atoms with Crippen LogP contribution in [0.15, 0.2) is 48.5 Å². The number of benzene rings is 2. The summed E-state index contributed by atoms with van der Waals surface area (Å²) in [5, 5.41) is 2.97. The second-order valence-electron chi connectivity index (χ2n) is 6.90. The van der Waals surface area contributed by atoms with Gasteiger partial charge in [-0.3, -0.25) is 4.79 Å². The first-order chi connectivity index (χ1) is 12.8. The minimum absolute atomic E-state index is 0.0535. The highest BCUT2D eigenvalue weighted by atomic mass is 32.2. The van der Waals surface area contributed by atoms with Crippen molar-refractivity contribution in [3.8, 4) is 0 Å². The maximum absolute atomic E-state index is 13.2.